The highest BCUT2D eigenvalue weighted by atomic mass is 79.9. The van der Waals surface area contributed by atoms with Crippen molar-refractivity contribution in [1.29, 1.82) is 0 Å². The molecule has 0 aliphatic rings. The minimum Gasteiger partial charge on any atom is -0.347 e. The molecule has 2 aromatic rings. The first-order chi connectivity index (χ1) is 5.29. The Morgan fingerprint density at radius 3 is 2.73 bits per heavy atom. The molecule has 0 aliphatic heterocycles. The van der Waals surface area contributed by atoms with E-state index in [9.17, 15) is 4.39 Å². The van der Waals surface area contributed by atoms with Gasteiger partial charge in [-0.2, -0.15) is 0 Å². The lowest BCUT2D eigenvalue weighted by molar-refractivity contribution is 0.632. The molecule has 0 bridgehead atoms. The second kappa shape index (κ2) is 2.34. The Balaban J connectivity index is 2.92. The van der Waals surface area contributed by atoms with Crippen LogP contribution in [-0.4, -0.2) is 4.98 Å². The summed E-state index contributed by atoms with van der Waals surface area (Å²) in [6, 6.07) is 7.26. The Bertz CT molecular complexity index is 394. The van der Waals surface area contributed by atoms with Crippen LogP contribution in [0, 0.1) is 5.82 Å². The molecule has 1 nitrogen and oxygen atoms in total. The summed E-state index contributed by atoms with van der Waals surface area (Å²) in [5, 5.41) is 0.624. The van der Waals surface area contributed by atoms with Crippen molar-refractivity contribution in [3.8, 4) is 0 Å². The zero-order valence-electron chi connectivity index (χ0n) is 5.57. The highest BCUT2D eigenvalue weighted by Gasteiger charge is 2.06. The average molecular weight is 214 g/mol. The zero-order chi connectivity index (χ0) is 7.84. The fourth-order valence-electron chi connectivity index (χ4n) is 1.07. The van der Waals surface area contributed by atoms with E-state index in [4.69, 9.17) is 0 Å². The molecular weight excluding hydrogens is 209 g/mol. The number of hydrogen-bond acceptors (Lipinski definition) is 0. The molecular formula is C8H5BrFN. The first kappa shape index (κ1) is 6.85. The number of H-pyrrole nitrogens is 1. The van der Waals surface area contributed by atoms with Crippen LogP contribution in [0.4, 0.5) is 4.39 Å². The largest absolute Gasteiger partial charge is 0.347 e. The lowest BCUT2D eigenvalue weighted by Crippen LogP contribution is -1.66. The second-order valence-corrected chi connectivity index (χ2v) is 3.09. The van der Waals surface area contributed by atoms with Crippen molar-refractivity contribution in [1.82, 2.24) is 4.98 Å². The van der Waals surface area contributed by atoms with Crippen LogP contribution in [0.3, 0.4) is 0 Å². The lowest BCUT2D eigenvalue weighted by atomic mass is 10.2. The van der Waals surface area contributed by atoms with Gasteiger partial charge in [0.1, 0.15) is 4.60 Å². The SMILES string of the molecule is Fc1c(Br)[nH]c2ccccc12. The van der Waals surface area contributed by atoms with Crippen LogP contribution < -0.4 is 0 Å². The normalized spacial score (nSPS) is 10.7. The number of benzene rings is 1. The van der Waals surface area contributed by atoms with E-state index in [1.54, 1.807) is 6.07 Å². The third-order valence-electron chi connectivity index (χ3n) is 1.60. The van der Waals surface area contributed by atoms with Gasteiger partial charge in [0.15, 0.2) is 5.82 Å². The van der Waals surface area contributed by atoms with Gasteiger partial charge in [-0.1, -0.05) is 12.1 Å². The van der Waals surface area contributed by atoms with Gasteiger partial charge in [-0.3, -0.25) is 0 Å². The predicted molar refractivity (Wildman–Crippen MR) is 46.0 cm³/mol. The van der Waals surface area contributed by atoms with E-state index in [1.807, 2.05) is 18.2 Å². The summed E-state index contributed by atoms with van der Waals surface area (Å²) in [6.45, 7) is 0. The van der Waals surface area contributed by atoms with Gasteiger partial charge in [0, 0.05) is 10.9 Å². The summed E-state index contributed by atoms with van der Waals surface area (Å²) in [4.78, 5) is 2.87. The molecule has 11 heavy (non-hydrogen) atoms. The molecule has 0 unspecified atom stereocenters. The number of hydrogen-bond donors (Lipinski definition) is 1. The molecule has 2 rings (SSSR count). The number of aromatic nitrogens is 1. The summed E-state index contributed by atoms with van der Waals surface area (Å²) in [5.41, 5.74) is 0.817. The van der Waals surface area contributed by atoms with Gasteiger partial charge in [0.2, 0.25) is 0 Å². The highest BCUT2D eigenvalue weighted by Crippen LogP contribution is 2.23. The molecule has 1 heterocycles. The molecule has 0 saturated carbocycles. The summed E-state index contributed by atoms with van der Waals surface area (Å²) in [7, 11) is 0. The summed E-state index contributed by atoms with van der Waals surface area (Å²) in [5.74, 6) is -0.222. The maximum absolute atomic E-state index is 13.1. The van der Waals surface area contributed by atoms with Crippen molar-refractivity contribution in [3.05, 3.63) is 34.7 Å². The van der Waals surface area contributed by atoms with Crippen molar-refractivity contribution in [3.63, 3.8) is 0 Å². The van der Waals surface area contributed by atoms with E-state index in [2.05, 4.69) is 20.9 Å². The minimum atomic E-state index is -0.222. The van der Waals surface area contributed by atoms with E-state index >= 15 is 0 Å². The summed E-state index contributed by atoms with van der Waals surface area (Å²) in [6.07, 6.45) is 0. The molecule has 0 atom stereocenters. The van der Waals surface area contributed by atoms with Crippen molar-refractivity contribution in [2.75, 3.05) is 0 Å². The van der Waals surface area contributed by atoms with Crippen molar-refractivity contribution < 1.29 is 4.39 Å². The topological polar surface area (TPSA) is 15.8 Å². The predicted octanol–water partition coefficient (Wildman–Crippen LogP) is 3.07. The highest BCUT2D eigenvalue weighted by molar-refractivity contribution is 9.10. The standard InChI is InChI=1S/C8H5BrFN/c9-8-7(10)5-3-1-2-4-6(5)11-8/h1-4,11H. The number of nitrogens with one attached hydrogen (secondary N) is 1. The molecule has 0 spiro atoms. The third-order valence-corrected chi connectivity index (χ3v) is 2.15. The number of aromatic amines is 1. The molecule has 1 N–H and O–H groups in total. The minimum absolute atomic E-state index is 0.222. The summed E-state index contributed by atoms with van der Waals surface area (Å²) >= 11 is 3.08. The number of halogens is 2. The van der Waals surface area contributed by atoms with Crippen molar-refractivity contribution in [2.45, 2.75) is 0 Å². The number of fused-ring (bicyclic) bond motifs is 1. The maximum atomic E-state index is 13.1. The van der Waals surface area contributed by atoms with E-state index < -0.39 is 0 Å². The van der Waals surface area contributed by atoms with Gasteiger partial charge in [-0.25, -0.2) is 4.39 Å². The molecule has 0 saturated heterocycles. The van der Waals surface area contributed by atoms with Crippen molar-refractivity contribution in [2.24, 2.45) is 0 Å². The van der Waals surface area contributed by atoms with E-state index in [0.717, 1.165) is 5.52 Å². The molecule has 1 aromatic heterocycles. The maximum Gasteiger partial charge on any atom is 0.163 e. The van der Waals surface area contributed by atoms with Gasteiger partial charge in [-0.05, 0) is 28.1 Å². The molecule has 0 aliphatic carbocycles. The van der Waals surface area contributed by atoms with Gasteiger partial charge in [0.05, 0.1) is 0 Å². The molecule has 0 amide bonds. The average Bonchev–Trinajstić information content (AvgIpc) is 2.30. The summed E-state index contributed by atoms with van der Waals surface area (Å²) < 4.78 is 13.5. The Hall–Kier alpha value is -0.830. The van der Waals surface area contributed by atoms with Crippen molar-refractivity contribution >= 4 is 26.8 Å². The second-order valence-electron chi connectivity index (χ2n) is 2.30. The van der Waals surface area contributed by atoms with Gasteiger partial charge in [-0.15, -0.1) is 0 Å². The molecule has 3 heteroatoms. The van der Waals surface area contributed by atoms with Gasteiger partial charge >= 0.3 is 0 Å². The molecule has 0 radical (unpaired) electrons. The van der Waals surface area contributed by atoms with Gasteiger partial charge in [0.25, 0.3) is 0 Å². The van der Waals surface area contributed by atoms with Crippen LogP contribution in [-0.2, 0) is 0 Å². The molecule has 1 aromatic carbocycles. The Morgan fingerprint density at radius 2 is 2.00 bits per heavy atom. The van der Waals surface area contributed by atoms with Crippen LogP contribution in [0.25, 0.3) is 10.9 Å². The Kier molecular flexibility index (Phi) is 1.46. The first-order valence-corrected chi connectivity index (χ1v) is 4.00. The molecule has 0 fully saturated rings. The van der Waals surface area contributed by atoms with Crippen LogP contribution >= 0.6 is 15.9 Å². The van der Waals surface area contributed by atoms with Crippen LogP contribution in [0.15, 0.2) is 28.9 Å². The fourth-order valence-corrected chi connectivity index (χ4v) is 1.50. The van der Waals surface area contributed by atoms with Gasteiger partial charge < -0.3 is 4.98 Å². The van der Waals surface area contributed by atoms with E-state index in [0.29, 0.717) is 9.99 Å². The van der Waals surface area contributed by atoms with Crippen LogP contribution in [0.2, 0.25) is 0 Å². The third kappa shape index (κ3) is 0.959. The quantitative estimate of drug-likeness (QED) is 0.693. The smallest absolute Gasteiger partial charge is 0.163 e. The van der Waals surface area contributed by atoms with E-state index in [1.165, 1.54) is 0 Å². The Morgan fingerprint density at radius 1 is 1.27 bits per heavy atom. The Labute approximate surface area is 71.4 Å². The number of rotatable bonds is 0. The zero-order valence-corrected chi connectivity index (χ0v) is 7.15. The van der Waals surface area contributed by atoms with E-state index in [-0.39, 0.29) is 5.82 Å². The number of para-hydroxylation sites is 1. The monoisotopic (exact) mass is 213 g/mol. The fraction of sp³-hybridized carbons (Fsp3) is 0. The first-order valence-electron chi connectivity index (χ1n) is 3.21. The lowest BCUT2D eigenvalue weighted by Gasteiger charge is -1.84. The van der Waals surface area contributed by atoms with Crippen LogP contribution in [0.1, 0.15) is 0 Å². The molecule has 56 valence electrons. The van der Waals surface area contributed by atoms with Crippen LogP contribution in [0.5, 0.6) is 0 Å².